The Labute approximate surface area is 87.4 Å². The Kier molecular flexibility index (Phi) is 7.19. The molecule has 0 aromatic rings. The van der Waals surface area contributed by atoms with Crippen LogP contribution in [0.5, 0.6) is 0 Å². The lowest BCUT2D eigenvalue weighted by Gasteiger charge is -2.08. The zero-order chi connectivity index (χ0) is 11.0. The van der Waals surface area contributed by atoms with E-state index in [1.54, 1.807) is 0 Å². The van der Waals surface area contributed by atoms with Crippen LogP contribution in [0.2, 0.25) is 0 Å². The van der Waals surface area contributed by atoms with Crippen molar-refractivity contribution in [3.8, 4) is 0 Å². The summed E-state index contributed by atoms with van der Waals surface area (Å²) in [5, 5.41) is 9.48. The molecule has 0 saturated heterocycles. The molecule has 4 heteroatoms. The summed E-state index contributed by atoms with van der Waals surface area (Å²) in [6, 6.07) is 0. The summed E-state index contributed by atoms with van der Waals surface area (Å²) in [7, 11) is -2.86. The Morgan fingerprint density at radius 1 is 1.14 bits per heavy atom. The lowest BCUT2D eigenvalue weighted by Crippen LogP contribution is -2.10. The molecule has 0 aliphatic rings. The molecule has 0 spiro atoms. The minimum atomic E-state index is -2.86. The lowest BCUT2D eigenvalue weighted by atomic mass is 10.1. The molecule has 86 valence electrons. The van der Waals surface area contributed by atoms with Crippen LogP contribution < -0.4 is 0 Å². The summed E-state index contributed by atoms with van der Waals surface area (Å²) in [5.41, 5.74) is 0. The molecular weight excluding hydrogens is 200 g/mol. The number of unbranched alkanes of at least 4 members (excludes halogenated alkanes) is 2. The maximum Gasteiger partial charge on any atom is 0.147 e. The van der Waals surface area contributed by atoms with Gasteiger partial charge < -0.3 is 5.11 Å². The third kappa shape index (κ3) is 9.99. The van der Waals surface area contributed by atoms with Crippen molar-refractivity contribution < 1.29 is 13.5 Å². The Balaban J connectivity index is 3.40. The summed E-state index contributed by atoms with van der Waals surface area (Å²) < 4.78 is 21.6. The second kappa shape index (κ2) is 7.23. The first-order valence-electron chi connectivity index (χ1n) is 5.31. The highest BCUT2D eigenvalue weighted by Crippen LogP contribution is 2.08. The van der Waals surface area contributed by atoms with Crippen LogP contribution in [-0.2, 0) is 9.84 Å². The lowest BCUT2D eigenvalue weighted by molar-refractivity contribution is 0.150. The van der Waals surface area contributed by atoms with E-state index in [0.29, 0.717) is 12.8 Å². The predicted octanol–water partition coefficient (Wildman–Crippen LogP) is 1.75. The zero-order valence-electron chi connectivity index (χ0n) is 9.20. The van der Waals surface area contributed by atoms with Gasteiger partial charge in [-0.25, -0.2) is 8.42 Å². The van der Waals surface area contributed by atoms with Crippen molar-refractivity contribution in [1.29, 1.82) is 0 Å². The number of aliphatic hydroxyl groups excluding tert-OH is 1. The molecule has 0 aliphatic carbocycles. The first-order valence-corrected chi connectivity index (χ1v) is 7.37. The van der Waals surface area contributed by atoms with Crippen molar-refractivity contribution in [3.05, 3.63) is 0 Å². The van der Waals surface area contributed by atoms with Crippen molar-refractivity contribution in [2.24, 2.45) is 0 Å². The smallest absolute Gasteiger partial charge is 0.147 e. The van der Waals surface area contributed by atoms with Gasteiger partial charge in [0.25, 0.3) is 0 Å². The molecule has 3 nitrogen and oxygen atoms in total. The van der Waals surface area contributed by atoms with Crippen LogP contribution in [0.25, 0.3) is 0 Å². The summed E-state index contributed by atoms with van der Waals surface area (Å²) in [5.74, 6) is 0.192. The molecule has 0 bridgehead atoms. The van der Waals surface area contributed by atoms with Gasteiger partial charge in [0, 0.05) is 12.0 Å². The quantitative estimate of drug-likeness (QED) is 0.637. The molecule has 0 aliphatic heterocycles. The van der Waals surface area contributed by atoms with E-state index < -0.39 is 9.84 Å². The molecule has 14 heavy (non-hydrogen) atoms. The summed E-state index contributed by atoms with van der Waals surface area (Å²) in [6.07, 6.45) is 6.23. The van der Waals surface area contributed by atoms with Gasteiger partial charge in [-0.2, -0.15) is 0 Å². The number of sulfone groups is 1. The maximum atomic E-state index is 10.8. The van der Waals surface area contributed by atoms with E-state index in [-0.39, 0.29) is 11.9 Å². The van der Waals surface area contributed by atoms with Crippen LogP contribution in [0, 0.1) is 0 Å². The highest BCUT2D eigenvalue weighted by atomic mass is 32.2. The Bertz CT molecular complexity index is 222. The number of aliphatic hydroxyl groups is 1. The average Bonchev–Trinajstić information content (AvgIpc) is 2.02. The van der Waals surface area contributed by atoms with E-state index in [4.69, 9.17) is 0 Å². The molecule has 0 saturated carbocycles. The van der Waals surface area contributed by atoms with Gasteiger partial charge >= 0.3 is 0 Å². The van der Waals surface area contributed by atoms with Gasteiger partial charge in [-0.1, -0.05) is 26.2 Å². The van der Waals surface area contributed by atoms with E-state index in [1.165, 1.54) is 6.26 Å². The van der Waals surface area contributed by atoms with E-state index in [0.717, 1.165) is 25.7 Å². The van der Waals surface area contributed by atoms with Crippen LogP contribution in [-0.4, -0.2) is 31.6 Å². The van der Waals surface area contributed by atoms with Crippen molar-refractivity contribution in [2.75, 3.05) is 12.0 Å². The van der Waals surface area contributed by atoms with Gasteiger partial charge in [0.1, 0.15) is 9.84 Å². The van der Waals surface area contributed by atoms with E-state index in [9.17, 15) is 13.5 Å². The molecule has 0 radical (unpaired) electrons. The molecule has 0 aromatic carbocycles. The van der Waals surface area contributed by atoms with Crippen LogP contribution in [0.3, 0.4) is 0 Å². The standard InChI is InChI=1S/C10H22O3S/c1-3-4-5-7-10(11)8-6-9-14(2,12)13/h10-11H,3-9H2,1-2H3. The van der Waals surface area contributed by atoms with Crippen LogP contribution in [0.1, 0.15) is 45.4 Å². The molecule has 1 N–H and O–H groups in total. The van der Waals surface area contributed by atoms with Crippen LogP contribution >= 0.6 is 0 Å². The normalized spacial score (nSPS) is 14.2. The van der Waals surface area contributed by atoms with Gasteiger partial charge in [0.15, 0.2) is 0 Å². The fourth-order valence-corrected chi connectivity index (χ4v) is 2.05. The largest absolute Gasteiger partial charge is 0.393 e. The molecular formula is C10H22O3S. The van der Waals surface area contributed by atoms with Gasteiger partial charge in [0.05, 0.1) is 6.10 Å². The molecule has 0 aromatic heterocycles. The van der Waals surface area contributed by atoms with Gasteiger partial charge in [-0.15, -0.1) is 0 Å². The first kappa shape index (κ1) is 13.9. The molecule has 0 rings (SSSR count). The second-order valence-electron chi connectivity index (χ2n) is 3.92. The SMILES string of the molecule is CCCCCC(O)CCCS(C)(=O)=O. The third-order valence-corrected chi connectivity index (χ3v) is 3.22. The molecule has 1 atom stereocenters. The second-order valence-corrected chi connectivity index (χ2v) is 6.18. The topological polar surface area (TPSA) is 54.4 Å². The Morgan fingerprint density at radius 3 is 2.21 bits per heavy atom. The Hall–Kier alpha value is -0.0900. The summed E-state index contributed by atoms with van der Waals surface area (Å²) in [6.45, 7) is 2.12. The summed E-state index contributed by atoms with van der Waals surface area (Å²) >= 11 is 0. The molecule has 0 heterocycles. The van der Waals surface area contributed by atoms with E-state index in [1.807, 2.05) is 0 Å². The highest BCUT2D eigenvalue weighted by molar-refractivity contribution is 7.90. The maximum absolute atomic E-state index is 10.8. The Morgan fingerprint density at radius 2 is 1.71 bits per heavy atom. The van der Waals surface area contributed by atoms with E-state index >= 15 is 0 Å². The average molecular weight is 222 g/mol. The van der Waals surface area contributed by atoms with Crippen molar-refractivity contribution >= 4 is 9.84 Å². The molecule has 1 unspecified atom stereocenters. The van der Waals surface area contributed by atoms with Crippen LogP contribution in [0.4, 0.5) is 0 Å². The minimum absolute atomic E-state index is 0.192. The number of rotatable bonds is 8. The van der Waals surface area contributed by atoms with Gasteiger partial charge in [-0.05, 0) is 19.3 Å². The predicted molar refractivity (Wildman–Crippen MR) is 59.1 cm³/mol. The number of hydrogen-bond donors (Lipinski definition) is 1. The number of hydrogen-bond acceptors (Lipinski definition) is 3. The monoisotopic (exact) mass is 222 g/mol. The van der Waals surface area contributed by atoms with Gasteiger partial charge in [-0.3, -0.25) is 0 Å². The fraction of sp³-hybridized carbons (Fsp3) is 1.00. The minimum Gasteiger partial charge on any atom is -0.393 e. The van der Waals surface area contributed by atoms with Gasteiger partial charge in [0.2, 0.25) is 0 Å². The first-order chi connectivity index (χ1) is 6.45. The van der Waals surface area contributed by atoms with Crippen molar-refractivity contribution in [1.82, 2.24) is 0 Å². The summed E-state index contributed by atoms with van der Waals surface area (Å²) in [4.78, 5) is 0. The molecule has 0 fully saturated rings. The molecule has 0 amide bonds. The van der Waals surface area contributed by atoms with Crippen molar-refractivity contribution in [2.45, 2.75) is 51.6 Å². The fourth-order valence-electron chi connectivity index (χ4n) is 1.36. The van der Waals surface area contributed by atoms with Crippen molar-refractivity contribution in [3.63, 3.8) is 0 Å². The highest BCUT2D eigenvalue weighted by Gasteiger charge is 2.06. The zero-order valence-corrected chi connectivity index (χ0v) is 10.0. The van der Waals surface area contributed by atoms with E-state index in [2.05, 4.69) is 6.92 Å². The van der Waals surface area contributed by atoms with Crippen LogP contribution in [0.15, 0.2) is 0 Å². The third-order valence-electron chi connectivity index (χ3n) is 2.19.